The van der Waals surface area contributed by atoms with Crippen LogP contribution in [0.15, 0.2) is 24.2 Å². The van der Waals surface area contributed by atoms with Crippen molar-refractivity contribution in [1.29, 1.82) is 0 Å². The van der Waals surface area contributed by atoms with E-state index in [-0.39, 0.29) is 0 Å². The minimum atomic E-state index is 0.993. The van der Waals surface area contributed by atoms with Crippen LogP contribution in [0.4, 0.5) is 0 Å². The molecule has 62 valence electrons. The first-order chi connectivity index (χ1) is 5.38. The van der Waals surface area contributed by atoms with Gasteiger partial charge in [-0.1, -0.05) is 0 Å². The number of rotatable bonds is 3. The van der Waals surface area contributed by atoms with E-state index >= 15 is 0 Å². The third kappa shape index (κ3) is 1.90. The molecule has 0 fully saturated rings. The van der Waals surface area contributed by atoms with Gasteiger partial charge in [0, 0.05) is 13.1 Å². The molecule has 0 spiro atoms. The van der Waals surface area contributed by atoms with E-state index in [1.807, 2.05) is 12.2 Å². The summed E-state index contributed by atoms with van der Waals surface area (Å²) in [6.07, 6.45) is 5.49. The number of allylic oxidation sites excluding steroid dienone is 2. The smallest absolute Gasteiger partial charge is 0.136 e. The van der Waals surface area contributed by atoms with E-state index in [0.717, 1.165) is 18.9 Å². The Bertz CT molecular complexity index is 171. The molecule has 0 saturated carbocycles. The molecule has 0 aromatic carbocycles. The molecule has 1 N–H and O–H groups in total. The lowest BCUT2D eigenvalue weighted by atomic mass is 10.4. The molecule has 3 nitrogen and oxygen atoms in total. The highest BCUT2D eigenvalue weighted by Crippen LogP contribution is 2.03. The lowest BCUT2D eigenvalue weighted by molar-refractivity contribution is 0.122. The molecule has 1 aliphatic heterocycles. The van der Waals surface area contributed by atoms with Crippen molar-refractivity contribution >= 4 is 0 Å². The van der Waals surface area contributed by atoms with Gasteiger partial charge in [-0.05, 0) is 26.0 Å². The second kappa shape index (κ2) is 3.91. The number of hydrogen-bond donors (Lipinski definition) is 1. The van der Waals surface area contributed by atoms with Crippen LogP contribution in [0.3, 0.4) is 0 Å². The summed E-state index contributed by atoms with van der Waals surface area (Å²) >= 11 is 0. The van der Waals surface area contributed by atoms with Crippen LogP contribution in [-0.4, -0.2) is 18.0 Å². The predicted octanol–water partition coefficient (Wildman–Crippen LogP) is 1.22. The van der Waals surface area contributed by atoms with E-state index in [9.17, 15) is 0 Å². The van der Waals surface area contributed by atoms with Gasteiger partial charge in [0.1, 0.15) is 12.1 Å². The average molecular weight is 154 g/mol. The van der Waals surface area contributed by atoms with E-state index in [1.54, 1.807) is 6.26 Å². The zero-order valence-electron chi connectivity index (χ0n) is 7.00. The maximum Gasteiger partial charge on any atom is 0.136 e. The molecule has 0 aromatic rings. The van der Waals surface area contributed by atoms with Crippen molar-refractivity contribution in [2.45, 2.75) is 13.8 Å². The third-order valence-corrected chi connectivity index (χ3v) is 1.67. The summed E-state index contributed by atoms with van der Waals surface area (Å²) in [5, 5.41) is 0. The van der Waals surface area contributed by atoms with E-state index in [0.29, 0.717) is 0 Å². The summed E-state index contributed by atoms with van der Waals surface area (Å²) in [5.41, 5.74) is 2.82. The van der Waals surface area contributed by atoms with Gasteiger partial charge in [-0.3, -0.25) is 0 Å². The van der Waals surface area contributed by atoms with Crippen molar-refractivity contribution in [3.63, 3.8) is 0 Å². The van der Waals surface area contributed by atoms with E-state index < -0.39 is 0 Å². The summed E-state index contributed by atoms with van der Waals surface area (Å²) in [4.78, 5) is 7.11. The summed E-state index contributed by atoms with van der Waals surface area (Å²) in [7, 11) is 0. The summed E-state index contributed by atoms with van der Waals surface area (Å²) < 4.78 is 0. The molecular weight excluding hydrogens is 140 g/mol. The van der Waals surface area contributed by atoms with Gasteiger partial charge in [0.2, 0.25) is 0 Å². The highest BCUT2D eigenvalue weighted by molar-refractivity contribution is 5.10. The molecule has 0 bridgehead atoms. The van der Waals surface area contributed by atoms with Crippen LogP contribution in [0.2, 0.25) is 0 Å². The topological polar surface area (TPSA) is 24.5 Å². The Morgan fingerprint density at radius 3 is 2.64 bits per heavy atom. The largest absolute Gasteiger partial charge is 0.389 e. The van der Waals surface area contributed by atoms with Crippen molar-refractivity contribution in [2.24, 2.45) is 0 Å². The minimum Gasteiger partial charge on any atom is -0.389 e. The SMILES string of the molecule is CCN(CC)C1=CC=CON1. The second-order valence-electron chi connectivity index (χ2n) is 2.27. The molecule has 1 rings (SSSR count). The quantitative estimate of drug-likeness (QED) is 0.661. The maximum absolute atomic E-state index is 4.93. The number of hydrogen-bond acceptors (Lipinski definition) is 3. The van der Waals surface area contributed by atoms with Crippen molar-refractivity contribution in [2.75, 3.05) is 13.1 Å². The van der Waals surface area contributed by atoms with Gasteiger partial charge in [0.05, 0.1) is 0 Å². The van der Waals surface area contributed by atoms with Crippen molar-refractivity contribution in [3.8, 4) is 0 Å². The van der Waals surface area contributed by atoms with Gasteiger partial charge in [0.15, 0.2) is 0 Å². The molecule has 1 aliphatic rings. The normalized spacial score (nSPS) is 14.9. The van der Waals surface area contributed by atoms with Crippen molar-refractivity contribution < 1.29 is 4.84 Å². The van der Waals surface area contributed by atoms with E-state index in [4.69, 9.17) is 4.84 Å². The summed E-state index contributed by atoms with van der Waals surface area (Å²) in [5.74, 6) is 1.03. The highest BCUT2D eigenvalue weighted by atomic mass is 16.6. The minimum absolute atomic E-state index is 0.993. The Hall–Kier alpha value is -1.12. The van der Waals surface area contributed by atoms with Crippen molar-refractivity contribution in [1.82, 2.24) is 10.4 Å². The highest BCUT2D eigenvalue weighted by Gasteiger charge is 2.05. The lowest BCUT2D eigenvalue weighted by Crippen LogP contribution is -2.31. The number of hydroxylamine groups is 1. The fourth-order valence-electron chi connectivity index (χ4n) is 1.03. The zero-order chi connectivity index (χ0) is 8.10. The molecule has 0 amide bonds. The standard InChI is InChI=1S/C8H14N2O/c1-3-10(4-2)8-6-5-7-11-9-8/h5-7,9H,3-4H2,1-2H3. The van der Waals surface area contributed by atoms with E-state index in [1.165, 1.54) is 0 Å². The molecule has 0 aliphatic carbocycles. The maximum atomic E-state index is 4.93. The average Bonchev–Trinajstić information content (AvgIpc) is 2.09. The van der Waals surface area contributed by atoms with Crippen LogP contribution in [-0.2, 0) is 4.84 Å². The Morgan fingerprint density at radius 2 is 2.18 bits per heavy atom. The molecule has 0 radical (unpaired) electrons. The van der Waals surface area contributed by atoms with Crippen LogP contribution in [0.1, 0.15) is 13.8 Å². The molecule has 1 heterocycles. The Morgan fingerprint density at radius 1 is 1.45 bits per heavy atom. The first kappa shape index (κ1) is 7.98. The Balaban J connectivity index is 2.56. The van der Waals surface area contributed by atoms with Crippen LogP contribution in [0, 0.1) is 0 Å². The molecular formula is C8H14N2O. The molecule has 11 heavy (non-hydrogen) atoms. The van der Waals surface area contributed by atoms with Gasteiger partial charge in [-0.25, -0.2) is 5.48 Å². The first-order valence-electron chi connectivity index (χ1n) is 3.92. The molecule has 0 unspecified atom stereocenters. The van der Waals surface area contributed by atoms with Gasteiger partial charge in [-0.2, -0.15) is 0 Å². The monoisotopic (exact) mass is 154 g/mol. The van der Waals surface area contributed by atoms with Crippen molar-refractivity contribution in [3.05, 3.63) is 24.2 Å². The first-order valence-corrected chi connectivity index (χ1v) is 3.92. The third-order valence-electron chi connectivity index (χ3n) is 1.67. The molecule has 0 aromatic heterocycles. The van der Waals surface area contributed by atoms with Gasteiger partial charge in [0.25, 0.3) is 0 Å². The summed E-state index contributed by atoms with van der Waals surface area (Å²) in [6, 6.07) is 0. The van der Waals surface area contributed by atoms with Gasteiger partial charge in [-0.15, -0.1) is 0 Å². The van der Waals surface area contributed by atoms with Crippen LogP contribution < -0.4 is 5.48 Å². The lowest BCUT2D eigenvalue weighted by Gasteiger charge is -2.25. The van der Waals surface area contributed by atoms with Gasteiger partial charge >= 0.3 is 0 Å². The van der Waals surface area contributed by atoms with Crippen LogP contribution in [0.5, 0.6) is 0 Å². The molecule has 3 heteroatoms. The molecule has 0 saturated heterocycles. The zero-order valence-corrected chi connectivity index (χ0v) is 7.00. The van der Waals surface area contributed by atoms with Crippen LogP contribution >= 0.6 is 0 Å². The Kier molecular flexibility index (Phi) is 2.83. The fraction of sp³-hybridized carbons (Fsp3) is 0.500. The fourth-order valence-corrected chi connectivity index (χ4v) is 1.03. The van der Waals surface area contributed by atoms with E-state index in [2.05, 4.69) is 24.2 Å². The number of nitrogens with one attached hydrogen (secondary N) is 1. The Labute approximate surface area is 67.3 Å². The predicted molar refractivity (Wildman–Crippen MR) is 44.4 cm³/mol. The van der Waals surface area contributed by atoms with Crippen LogP contribution in [0.25, 0.3) is 0 Å². The summed E-state index contributed by atoms with van der Waals surface area (Å²) in [6.45, 7) is 6.22. The van der Waals surface area contributed by atoms with Gasteiger partial charge < -0.3 is 9.74 Å². The molecule has 0 atom stereocenters. The number of nitrogens with zero attached hydrogens (tertiary/aromatic N) is 1. The second-order valence-corrected chi connectivity index (χ2v) is 2.27.